The second kappa shape index (κ2) is 5.35. The van der Waals surface area contributed by atoms with Crippen molar-refractivity contribution in [2.24, 2.45) is 0 Å². The molecule has 1 atom stereocenters. The lowest BCUT2D eigenvalue weighted by Gasteiger charge is -2.13. The fourth-order valence-corrected chi connectivity index (χ4v) is 1.58. The van der Waals surface area contributed by atoms with Crippen LogP contribution in [0.25, 0.3) is 0 Å². The predicted molar refractivity (Wildman–Crippen MR) is 65.6 cm³/mol. The van der Waals surface area contributed by atoms with Crippen LogP contribution in [0.5, 0.6) is 5.75 Å². The third kappa shape index (κ3) is 2.88. The normalized spacial score (nSPS) is 12.1. The Hall–Kier alpha value is -2.30. The molecule has 0 aliphatic heterocycles. The van der Waals surface area contributed by atoms with Crippen LogP contribution in [0.1, 0.15) is 18.3 Å². The largest absolute Gasteiger partial charge is 0.479 e. The van der Waals surface area contributed by atoms with E-state index in [0.29, 0.717) is 12.2 Å². The van der Waals surface area contributed by atoms with Gasteiger partial charge in [0.05, 0.1) is 0 Å². The summed E-state index contributed by atoms with van der Waals surface area (Å²) >= 11 is 0. The summed E-state index contributed by atoms with van der Waals surface area (Å²) in [6, 6.07) is 7.36. The van der Waals surface area contributed by atoms with Crippen molar-refractivity contribution < 1.29 is 14.6 Å². The molecule has 18 heavy (non-hydrogen) atoms. The molecule has 1 heterocycles. The van der Waals surface area contributed by atoms with Crippen LogP contribution >= 0.6 is 0 Å². The van der Waals surface area contributed by atoms with Crippen LogP contribution in [-0.4, -0.2) is 27.1 Å². The summed E-state index contributed by atoms with van der Waals surface area (Å²) in [6.45, 7) is 1.51. The molecule has 0 aliphatic rings. The van der Waals surface area contributed by atoms with Gasteiger partial charge in [0, 0.05) is 24.4 Å². The lowest BCUT2D eigenvalue weighted by Crippen LogP contribution is -2.23. The summed E-state index contributed by atoms with van der Waals surface area (Å²) in [7, 11) is 0. The molecule has 0 fully saturated rings. The molecule has 1 aromatic carbocycles. The fourth-order valence-electron chi connectivity index (χ4n) is 1.58. The summed E-state index contributed by atoms with van der Waals surface area (Å²) < 4.78 is 5.41. The van der Waals surface area contributed by atoms with Gasteiger partial charge in [0.2, 0.25) is 0 Å². The lowest BCUT2D eigenvalue weighted by atomic mass is 10.1. The maximum atomic E-state index is 10.8. The molecule has 94 valence electrons. The molecule has 0 amide bonds. The highest BCUT2D eigenvalue weighted by atomic mass is 16.5. The van der Waals surface area contributed by atoms with E-state index in [1.807, 2.05) is 18.2 Å². The van der Waals surface area contributed by atoms with Gasteiger partial charge in [-0.15, -0.1) is 0 Å². The number of carboxylic acid groups (broad SMARTS) is 1. The number of nitrogens with one attached hydrogen (secondary N) is 1. The first-order chi connectivity index (χ1) is 8.66. The Morgan fingerprint density at radius 3 is 2.94 bits per heavy atom. The average Bonchev–Trinajstić information content (AvgIpc) is 2.84. The van der Waals surface area contributed by atoms with Crippen LogP contribution in [-0.2, 0) is 11.2 Å². The molecule has 0 saturated heterocycles. The van der Waals surface area contributed by atoms with E-state index in [9.17, 15) is 4.79 Å². The summed E-state index contributed by atoms with van der Waals surface area (Å²) in [4.78, 5) is 17.9. The molecule has 2 rings (SSSR count). The van der Waals surface area contributed by atoms with Gasteiger partial charge in [-0.2, -0.15) is 0 Å². The topological polar surface area (TPSA) is 75.2 Å². The minimum Gasteiger partial charge on any atom is -0.479 e. The molecule has 5 heteroatoms. The van der Waals surface area contributed by atoms with Crippen molar-refractivity contribution in [3.05, 3.63) is 48.0 Å². The van der Waals surface area contributed by atoms with E-state index in [4.69, 9.17) is 9.84 Å². The first kappa shape index (κ1) is 12.2. The highest BCUT2D eigenvalue weighted by molar-refractivity contribution is 5.72. The van der Waals surface area contributed by atoms with E-state index in [1.165, 1.54) is 6.92 Å². The Morgan fingerprint density at radius 1 is 1.50 bits per heavy atom. The zero-order chi connectivity index (χ0) is 13.0. The predicted octanol–water partition coefficient (Wildman–Crippen LogP) is 1.85. The van der Waals surface area contributed by atoms with Crippen molar-refractivity contribution in [1.29, 1.82) is 0 Å². The Labute approximate surface area is 104 Å². The number of benzene rings is 1. The maximum Gasteiger partial charge on any atom is 0.344 e. The van der Waals surface area contributed by atoms with Gasteiger partial charge in [-0.1, -0.05) is 18.2 Å². The molecule has 0 spiro atoms. The van der Waals surface area contributed by atoms with Crippen LogP contribution in [0.3, 0.4) is 0 Å². The molecular formula is C13H14N2O3. The molecule has 2 N–H and O–H groups in total. The Morgan fingerprint density at radius 2 is 2.28 bits per heavy atom. The summed E-state index contributed by atoms with van der Waals surface area (Å²) in [5, 5.41) is 8.85. The molecular weight excluding hydrogens is 232 g/mol. The number of hydrogen-bond acceptors (Lipinski definition) is 3. The smallest absolute Gasteiger partial charge is 0.344 e. The summed E-state index contributed by atoms with van der Waals surface area (Å²) in [6.07, 6.45) is 3.13. The van der Waals surface area contributed by atoms with Gasteiger partial charge in [0.1, 0.15) is 11.6 Å². The van der Waals surface area contributed by atoms with Gasteiger partial charge in [-0.25, -0.2) is 9.78 Å². The number of aromatic nitrogens is 2. The number of H-pyrrole nitrogens is 1. The van der Waals surface area contributed by atoms with Crippen molar-refractivity contribution in [1.82, 2.24) is 9.97 Å². The number of rotatable bonds is 5. The number of imidazole rings is 1. The Balaban J connectivity index is 2.17. The van der Waals surface area contributed by atoms with Crippen LogP contribution in [0.4, 0.5) is 0 Å². The maximum absolute atomic E-state index is 10.8. The SMILES string of the molecule is CC(Oc1ccccc1Cc1ncc[nH]1)C(=O)O. The van der Waals surface area contributed by atoms with Crippen LogP contribution in [0.2, 0.25) is 0 Å². The van der Waals surface area contributed by atoms with Crippen LogP contribution in [0, 0.1) is 0 Å². The third-order valence-corrected chi connectivity index (χ3v) is 2.54. The Kier molecular flexibility index (Phi) is 3.62. The number of aromatic amines is 1. The van der Waals surface area contributed by atoms with Crippen LogP contribution in [0.15, 0.2) is 36.7 Å². The van der Waals surface area contributed by atoms with Crippen molar-refractivity contribution in [2.45, 2.75) is 19.4 Å². The van der Waals surface area contributed by atoms with E-state index in [2.05, 4.69) is 9.97 Å². The van der Waals surface area contributed by atoms with Crippen molar-refractivity contribution in [2.75, 3.05) is 0 Å². The minimum atomic E-state index is -0.984. The first-order valence-electron chi connectivity index (χ1n) is 5.62. The molecule has 1 aromatic heterocycles. The van der Waals surface area contributed by atoms with E-state index in [0.717, 1.165) is 11.4 Å². The molecule has 0 aliphatic carbocycles. The number of carbonyl (C=O) groups is 1. The highest BCUT2D eigenvalue weighted by Crippen LogP contribution is 2.21. The van der Waals surface area contributed by atoms with Gasteiger partial charge in [0.15, 0.2) is 6.10 Å². The minimum absolute atomic E-state index is 0.573. The number of hydrogen-bond donors (Lipinski definition) is 2. The average molecular weight is 246 g/mol. The molecule has 0 saturated carbocycles. The van der Waals surface area contributed by atoms with Gasteiger partial charge in [-0.3, -0.25) is 0 Å². The summed E-state index contributed by atoms with van der Waals surface area (Å²) in [5.41, 5.74) is 0.903. The fraction of sp³-hybridized carbons (Fsp3) is 0.231. The molecule has 2 aromatic rings. The zero-order valence-electron chi connectivity index (χ0n) is 9.96. The van der Waals surface area contributed by atoms with E-state index in [-0.39, 0.29) is 0 Å². The number of carboxylic acids is 1. The van der Waals surface area contributed by atoms with E-state index < -0.39 is 12.1 Å². The highest BCUT2D eigenvalue weighted by Gasteiger charge is 2.14. The molecule has 5 nitrogen and oxygen atoms in total. The number of ether oxygens (including phenoxy) is 1. The monoisotopic (exact) mass is 246 g/mol. The molecule has 0 bridgehead atoms. The summed E-state index contributed by atoms with van der Waals surface area (Å²) in [5.74, 6) is 0.403. The lowest BCUT2D eigenvalue weighted by molar-refractivity contribution is -0.144. The second-order valence-corrected chi connectivity index (χ2v) is 3.92. The quantitative estimate of drug-likeness (QED) is 0.844. The van der Waals surface area contributed by atoms with Gasteiger partial charge >= 0.3 is 5.97 Å². The van der Waals surface area contributed by atoms with Crippen molar-refractivity contribution >= 4 is 5.97 Å². The standard InChI is InChI=1S/C13H14N2O3/c1-9(13(16)17)18-11-5-3-2-4-10(11)8-12-14-6-7-15-12/h2-7,9H,8H2,1H3,(H,14,15)(H,16,17). The van der Waals surface area contributed by atoms with Crippen molar-refractivity contribution in [3.63, 3.8) is 0 Å². The zero-order valence-corrected chi connectivity index (χ0v) is 9.96. The number of nitrogens with zero attached hydrogens (tertiary/aromatic N) is 1. The van der Waals surface area contributed by atoms with E-state index in [1.54, 1.807) is 18.5 Å². The van der Waals surface area contributed by atoms with Gasteiger partial charge < -0.3 is 14.8 Å². The Bertz CT molecular complexity index is 523. The third-order valence-electron chi connectivity index (χ3n) is 2.54. The van der Waals surface area contributed by atoms with E-state index >= 15 is 0 Å². The number of aliphatic carboxylic acids is 1. The van der Waals surface area contributed by atoms with Gasteiger partial charge in [-0.05, 0) is 13.0 Å². The first-order valence-corrected chi connectivity index (χ1v) is 5.62. The number of para-hydroxylation sites is 1. The molecule has 1 unspecified atom stereocenters. The second-order valence-electron chi connectivity index (χ2n) is 3.92. The van der Waals surface area contributed by atoms with Crippen molar-refractivity contribution in [3.8, 4) is 5.75 Å². The van der Waals surface area contributed by atoms with Crippen LogP contribution < -0.4 is 4.74 Å². The molecule has 0 radical (unpaired) electrons. The van der Waals surface area contributed by atoms with Gasteiger partial charge in [0.25, 0.3) is 0 Å².